The summed E-state index contributed by atoms with van der Waals surface area (Å²) in [5, 5.41) is 5.83. The third-order valence-corrected chi connectivity index (χ3v) is 2.94. The van der Waals surface area contributed by atoms with Crippen LogP contribution >= 0.6 is 0 Å². The second kappa shape index (κ2) is 10.0. The first-order chi connectivity index (χ1) is 10.2. The Bertz CT molecular complexity index is 438. The molecule has 0 saturated heterocycles. The second-order valence-electron chi connectivity index (χ2n) is 4.41. The van der Waals surface area contributed by atoms with E-state index in [1.807, 2.05) is 18.2 Å². The first-order valence-corrected chi connectivity index (χ1v) is 6.91. The van der Waals surface area contributed by atoms with Crippen molar-refractivity contribution in [3.8, 4) is 11.5 Å². The third-order valence-electron chi connectivity index (χ3n) is 2.94. The van der Waals surface area contributed by atoms with Gasteiger partial charge in [-0.05, 0) is 6.07 Å². The molecule has 6 nitrogen and oxygen atoms in total. The van der Waals surface area contributed by atoms with Crippen molar-refractivity contribution in [2.75, 3.05) is 41.0 Å². The molecular weight excluding hydrogens is 272 g/mol. The molecule has 6 heteroatoms. The summed E-state index contributed by atoms with van der Waals surface area (Å²) in [6, 6.07) is 5.67. The van der Waals surface area contributed by atoms with Gasteiger partial charge in [-0.2, -0.15) is 0 Å². The second-order valence-corrected chi connectivity index (χ2v) is 4.41. The van der Waals surface area contributed by atoms with E-state index in [1.165, 1.54) is 0 Å². The zero-order valence-electron chi connectivity index (χ0n) is 12.9. The first-order valence-electron chi connectivity index (χ1n) is 6.91. The van der Waals surface area contributed by atoms with E-state index in [1.54, 1.807) is 21.3 Å². The minimum atomic E-state index is -0.0438. The molecule has 0 spiro atoms. The van der Waals surface area contributed by atoms with Gasteiger partial charge in [0.05, 0.1) is 26.7 Å². The number of hydrogen-bond donors (Lipinski definition) is 2. The van der Waals surface area contributed by atoms with E-state index in [4.69, 9.17) is 14.2 Å². The molecule has 118 valence electrons. The molecule has 1 rings (SSSR count). The van der Waals surface area contributed by atoms with Crippen molar-refractivity contribution in [3.63, 3.8) is 0 Å². The van der Waals surface area contributed by atoms with Crippen LogP contribution in [0.2, 0.25) is 0 Å². The molecule has 0 saturated carbocycles. The molecule has 0 aliphatic heterocycles. The predicted octanol–water partition coefficient (Wildman–Crippen LogP) is 0.946. The van der Waals surface area contributed by atoms with E-state index in [2.05, 4.69) is 10.6 Å². The molecule has 1 aromatic rings. The van der Waals surface area contributed by atoms with Crippen molar-refractivity contribution in [1.29, 1.82) is 0 Å². The van der Waals surface area contributed by atoms with Gasteiger partial charge in [0.1, 0.15) is 11.5 Å². The van der Waals surface area contributed by atoms with E-state index >= 15 is 0 Å². The summed E-state index contributed by atoms with van der Waals surface area (Å²) in [7, 11) is 4.89. The van der Waals surface area contributed by atoms with Crippen LogP contribution in [0.5, 0.6) is 11.5 Å². The number of benzene rings is 1. The van der Waals surface area contributed by atoms with Crippen molar-refractivity contribution in [3.05, 3.63) is 23.8 Å². The summed E-state index contributed by atoms with van der Waals surface area (Å²) < 4.78 is 15.9. The van der Waals surface area contributed by atoms with E-state index in [-0.39, 0.29) is 5.91 Å². The van der Waals surface area contributed by atoms with Gasteiger partial charge in [0.25, 0.3) is 0 Å². The Labute approximate surface area is 125 Å². The minimum Gasteiger partial charge on any atom is -0.497 e. The molecule has 0 aliphatic rings. The zero-order chi connectivity index (χ0) is 15.5. The van der Waals surface area contributed by atoms with Gasteiger partial charge in [0, 0.05) is 38.9 Å². The fraction of sp³-hybridized carbons (Fsp3) is 0.533. The molecule has 1 aromatic carbocycles. The van der Waals surface area contributed by atoms with Crippen LogP contribution in [0.15, 0.2) is 18.2 Å². The molecule has 21 heavy (non-hydrogen) atoms. The normalized spacial score (nSPS) is 10.2. The lowest BCUT2D eigenvalue weighted by Crippen LogP contribution is -2.21. The van der Waals surface area contributed by atoms with Crippen LogP contribution in [0.25, 0.3) is 0 Å². The van der Waals surface area contributed by atoms with Gasteiger partial charge in [0.15, 0.2) is 0 Å². The van der Waals surface area contributed by atoms with Gasteiger partial charge in [-0.1, -0.05) is 6.07 Å². The lowest BCUT2D eigenvalue weighted by Gasteiger charge is -2.13. The topological polar surface area (TPSA) is 68.8 Å². The monoisotopic (exact) mass is 296 g/mol. The van der Waals surface area contributed by atoms with Crippen LogP contribution in [-0.4, -0.2) is 46.9 Å². The highest BCUT2D eigenvalue weighted by Gasteiger charge is 2.07. The van der Waals surface area contributed by atoms with Crippen molar-refractivity contribution < 1.29 is 19.0 Å². The van der Waals surface area contributed by atoms with Crippen LogP contribution in [0.4, 0.5) is 0 Å². The van der Waals surface area contributed by atoms with Gasteiger partial charge >= 0.3 is 0 Å². The van der Waals surface area contributed by atoms with Crippen molar-refractivity contribution >= 4 is 5.91 Å². The predicted molar refractivity (Wildman–Crippen MR) is 80.8 cm³/mol. The smallest absolute Gasteiger partial charge is 0.223 e. The van der Waals surface area contributed by atoms with Gasteiger partial charge in [-0.25, -0.2) is 0 Å². The maximum absolute atomic E-state index is 11.2. The van der Waals surface area contributed by atoms with Crippen LogP contribution < -0.4 is 20.1 Å². The van der Waals surface area contributed by atoms with Crippen LogP contribution in [-0.2, 0) is 16.1 Å². The summed E-state index contributed by atoms with van der Waals surface area (Å²) in [5.74, 6) is 1.41. The number of hydrogen-bond acceptors (Lipinski definition) is 5. The van der Waals surface area contributed by atoms with Crippen molar-refractivity contribution in [2.45, 2.75) is 13.0 Å². The summed E-state index contributed by atoms with van der Waals surface area (Å²) >= 11 is 0. The number of carbonyl (C=O) groups excluding carboxylic acids is 1. The highest BCUT2D eigenvalue weighted by Crippen LogP contribution is 2.25. The van der Waals surface area contributed by atoms with Crippen molar-refractivity contribution in [2.24, 2.45) is 0 Å². The number of carbonyl (C=O) groups is 1. The number of nitrogens with one attached hydrogen (secondary N) is 2. The Kier molecular flexibility index (Phi) is 8.23. The number of rotatable bonds is 10. The zero-order valence-corrected chi connectivity index (χ0v) is 12.9. The molecule has 0 radical (unpaired) electrons. The third kappa shape index (κ3) is 6.46. The fourth-order valence-corrected chi connectivity index (χ4v) is 1.72. The van der Waals surface area contributed by atoms with Crippen LogP contribution in [0.1, 0.15) is 12.0 Å². The molecule has 0 bridgehead atoms. The number of methoxy groups -OCH3 is 2. The Morgan fingerprint density at radius 2 is 2.05 bits per heavy atom. The summed E-state index contributed by atoms with van der Waals surface area (Å²) in [6.07, 6.45) is 0.324. The van der Waals surface area contributed by atoms with Crippen LogP contribution in [0, 0.1) is 0 Å². The van der Waals surface area contributed by atoms with E-state index in [0.29, 0.717) is 26.2 Å². The maximum atomic E-state index is 11.2. The Hall–Kier alpha value is -1.79. The molecule has 0 unspecified atom stereocenters. The maximum Gasteiger partial charge on any atom is 0.223 e. The van der Waals surface area contributed by atoms with Crippen molar-refractivity contribution in [1.82, 2.24) is 10.6 Å². The largest absolute Gasteiger partial charge is 0.497 e. The fourth-order valence-electron chi connectivity index (χ4n) is 1.72. The minimum absolute atomic E-state index is 0.0438. The van der Waals surface area contributed by atoms with Crippen LogP contribution in [0.3, 0.4) is 0 Å². The lowest BCUT2D eigenvalue weighted by molar-refractivity contribution is -0.121. The quantitative estimate of drug-likeness (QED) is 0.629. The molecule has 0 heterocycles. The van der Waals surface area contributed by atoms with E-state index < -0.39 is 0 Å². The summed E-state index contributed by atoms with van der Waals surface area (Å²) in [5.41, 5.74) is 1.02. The highest BCUT2D eigenvalue weighted by molar-refractivity contribution is 5.75. The molecule has 0 aliphatic carbocycles. The molecule has 0 aromatic heterocycles. The highest BCUT2D eigenvalue weighted by atomic mass is 16.5. The van der Waals surface area contributed by atoms with E-state index in [0.717, 1.165) is 23.6 Å². The van der Waals surface area contributed by atoms with Gasteiger partial charge < -0.3 is 24.8 Å². The standard InChI is InChI=1S/C15H24N2O4/c1-16-15(18)6-8-21-14-10-13(20-3)5-4-12(14)11-17-7-9-19-2/h4-5,10,17H,6-9,11H2,1-3H3,(H,16,18). The summed E-state index contributed by atoms with van der Waals surface area (Å²) in [6.45, 7) is 2.42. The van der Waals surface area contributed by atoms with E-state index in [9.17, 15) is 4.79 Å². The SMILES string of the molecule is CNC(=O)CCOc1cc(OC)ccc1CNCCOC. The molecule has 0 fully saturated rings. The Balaban J connectivity index is 2.61. The Morgan fingerprint density at radius 3 is 2.71 bits per heavy atom. The molecule has 2 N–H and O–H groups in total. The molecule has 0 atom stereocenters. The Morgan fingerprint density at radius 1 is 1.24 bits per heavy atom. The van der Waals surface area contributed by atoms with Gasteiger partial charge in [-0.15, -0.1) is 0 Å². The summed E-state index contributed by atoms with van der Waals surface area (Å²) in [4.78, 5) is 11.2. The number of amides is 1. The average molecular weight is 296 g/mol. The number of ether oxygens (including phenoxy) is 3. The molecular formula is C15H24N2O4. The van der Waals surface area contributed by atoms with Gasteiger partial charge in [0.2, 0.25) is 5.91 Å². The lowest BCUT2D eigenvalue weighted by atomic mass is 10.2. The average Bonchev–Trinajstić information content (AvgIpc) is 2.52. The molecule has 1 amide bonds. The first kappa shape index (κ1) is 17.3. The van der Waals surface area contributed by atoms with Gasteiger partial charge in [-0.3, -0.25) is 4.79 Å².